The molecule has 0 spiro atoms. The average Bonchev–Trinajstić information content (AvgIpc) is 3.57. The second kappa shape index (κ2) is 16.1. The summed E-state index contributed by atoms with van der Waals surface area (Å²) in [5.41, 5.74) is 12.9. The van der Waals surface area contributed by atoms with Crippen LogP contribution in [0.25, 0.3) is 32.9 Å². The fourth-order valence-corrected chi connectivity index (χ4v) is 7.79. The van der Waals surface area contributed by atoms with Crippen molar-refractivity contribution in [2.75, 3.05) is 11.4 Å². The zero-order chi connectivity index (χ0) is 36.9. The normalized spacial score (nSPS) is 16.6. The van der Waals surface area contributed by atoms with Gasteiger partial charge in [0, 0.05) is 60.4 Å². The summed E-state index contributed by atoms with van der Waals surface area (Å²) in [4.78, 5) is 28.7. The Labute approximate surface area is 308 Å². The van der Waals surface area contributed by atoms with E-state index >= 15 is 0 Å². The smallest absolute Gasteiger partial charge is 0.412 e. The first-order chi connectivity index (χ1) is 25.7. The number of H-pyrrole nitrogens is 1. The van der Waals surface area contributed by atoms with Gasteiger partial charge in [0.05, 0.1) is 17.3 Å². The number of phenolic OH excluding ortho intramolecular Hbond substituents is 1. The highest BCUT2D eigenvalue weighted by Crippen LogP contribution is 2.37. The minimum atomic E-state index is -0.918. The fraction of sp³-hybridized carbons (Fsp3) is 0.302. The van der Waals surface area contributed by atoms with Crippen molar-refractivity contribution in [3.8, 4) is 16.9 Å². The van der Waals surface area contributed by atoms with Crippen LogP contribution in [0.5, 0.6) is 5.75 Å². The molecular formula is C43H47N5O5. The number of phenols is 1. The Hall–Kier alpha value is -5.42. The maximum atomic E-state index is 12.7. The predicted octanol–water partition coefficient (Wildman–Crippen LogP) is 7.46. The zero-order valence-electron chi connectivity index (χ0n) is 29.7. The first-order valence-corrected chi connectivity index (χ1v) is 18.5. The van der Waals surface area contributed by atoms with E-state index in [9.17, 15) is 24.9 Å². The van der Waals surface area contributed by atoms with Crippen LogP contribution in [0.2, 0.25) is 0 Å². The number of nitrogens with zero attached hydrogens (tertiary/aromatic N) is 2. The molecular weight excluding hydrogens is 667 g/mol. The Morgan fingerprint density at radius 3 is 2.51 bits per heavy atom. The number of unbranched alkanes of at least 4 members (excludes halogenated alkanes) is 1. The molecule has 1 aliphatic rings. The number of carboxylic acid groups (broad SMARTS) is 1. The van der Waals surface area contributed by atoms with Gasteiger partial charge in [-0.1, -0.05) is 54.6 Å². The number of hydrogen-bond acceptors (Lipinski definition) is 6. The number of nitrogens with one attached hydrogen (secondary N) is 2. The van der Waals surface area contributed by atoms with Gasteiger partial charge in [-0.05, 0) is 109 Å². The van der Waals surface area contributed by atoms with Crippen LogP contribution >= 0.6 is 0 Å². The second-order valence-corrected chi connectivity index (χ2v) is 14.2. The molecule has 1 amide bonds. The van der Waals surface area contributed by atoms with Crippen LogP contribution < -0.4 is 21.5 Å². The summed E-state index contributed by atoms with van der Waals surface area (Å²) < 4.78 is 2.28. The van der Waals surface area contributed by atoms with Crippen LogP contribution in [0, 0.1) is 0 Å². The Morgan fingerprint density at radius 1 is 0.925 bits per heavy atom. The van der Waals surface area contributed by atoms with Gasteiger partial charge in [0.2, 0.25) is 5.56 Å². The van der Waals surface area contributed by atoms with Crippen molar-refractivity contribution in [3.63, 3.8) is 0 Å². The molecule has 2 heterocycles. The molecule has 7 N–H and O–H groups in total. The fourth-order valence-electron chi connectivity index (χ4n) is 7.79. The lowest BCUT2D eigenvalue weighted by molar-refractivity contribution is 0.176. The number of amides is 1. The number of pyridine rings is 1. The molecule has 2 aromatic heterocycles. The van der Waals surface area contributed by atoms with E-state index in [-0.39, 0.29) is 23.4 Å². The molecule has 10 nitrogen and oxygen atoms in total. The number of aryl methyl sites for hydroxylation is 2. The highest BCUT2D eigenvalue weighted by atomic mass is 16.4. The monoisotopic (exact) mass is 713 g/mol. The lowest BCUT2D eigenvalue weighted by atomic mass is 9.89. The molecule has 4 aromatic carbocycles. The van der Waals surface area contributed by atoms with Gasteiger partial charge in [-0.15, -0.1) is 0 Å². The molecule has 0 radical (unpaired) electrons. The number of aliphatic hydroxyl groups excluding tert-OH is 1. The van der Waals surface area contributed by atoms with Crippen molar-refractivity contribution in [1.82, 2.24) is 14.9 Å². The Morgan fingerprint density at radius 2 is 1.72 bits per heavy atom. The molecule has 1 fully saturated rings. The SMILES string of the molecule is N[C@H]1CC[C@H](N(C(=O)O)c2cc(CCCCn3ccc4cc(CNC[C@H](O)c5ccc(O)c6[nH]c(=O)ccc56)ccc43)ccc2-c2ccccc2)CC1. The predicted molar refractivity (Wildman–Crippen MR) is 210 cm³/mol. The summed E-state index contributed by atoms with van der Waals surface area (Å²) >= 11 is 0. The molecule has 1 aliphatic carbocycles. The van der Waals surface area contributed by atoms with Gasteiger partial charge in [0.15, 0.2) is 0 Å². The third-order valence-electron chi connectivity index (χ3n) is 10.6. The van der Waals surface area contributed by atoms with Crippen LogP contribution in [0.3, 0.4) is 0 Å². The van der Waals surface area contributed by atoms with E-state index < -0.39 is 12.2 Å². The number of aromatic nitrogens is 2. The number of anilines is 1. The van der Waals surface area contributed by atoms with E-state index in [1.807, 2.05) is 30.3 Å². The number of carbonyl (C=O) groups is 1. The number of aliphatic hydroxyl groups is 1. The molecule has 1 saturated carbocycles. The molecule has 10 heteroatoms. The van der Waals surface area contributed by atoms with Gasteiger partial charge in [-0.25, -0.2) is 4.79 Å². The van der Waals surface area contributed by atoms with E-state index in [1.165, 1.54) is 12.1 Å². The highest BCUT2D eigenvalue weighted by Gasteiger charge is 2.30. The number of aromatic hydroxyl groups is 1. The average molecular weight is 714 g/mol. The Bertz CT molecular complexity index is 2260. The minimum absolute atomic E-state index is 0.0325. The number of nitrogens with two attached hydrogens (primary N) is 1. The van der Waals surface area contributed by atoms with Gasteiger partial charge >= 0.3 is 6.09 Å². The lowest BCUT2D eigenvalue weighted by Gasteiger charge is -2.35. The quantitative estimate of drug-likeness (QED) is 0.0679. The number of fused-ring (bicyclic) bond motifs is 2. The number of aromatic amines is 1. The van der Waals surface area contributed by atoms with E-state index in [4.69, 9.17) is 5.73 Å². The van der Waals surface area contributed by atoms with Gasteiger partial charge in [0.1, 0.15) is 5.75 Å². The summed E-state index contributed by atoms with van der Waals surface area (Å²) in [6, 6.07) is 31.1. The third kappa shape index (κ3) is 8.15. The number of benzene rings is 4. The summed E-state index contributed by atoms with van der Waals surface area (Å²) in [5.74, 6) is -0.0325. The van der Waals surface area contributed by atoms with Gasteiger partial charge in [-0.2, -0.15) is 0 Å². The summed E-state index contributed by atoms with van der Waals surface area (Å²) in [7, 11) is 0. The molecule has 0 bridgehead atoms. The van der Waals surface area contributed by atoms with E-state index in [1.54, 1.807) is 17.0 Å². The molecule has 0 aliphatic heterocycles. The largest absolute Gasteiger partial charge is 0.506 e. The van der Waals surface area contributed by atoms with Crippen LogP contribution in [0.1, 0.15) is 61.3 Å². The van der Waals surface area contributed by atoms with Crippen molar-refractivity contribution >= 4 is 33.6 Å². The second-order valence-electron chi connectivity index (χ2n) is 14.2. The molecule has 1 atom stereocenters. The molecule has 6 aromatic rings. The first kappa shape index (κ1) is 36.0. The van der Waals surface area contributed by atoms with Crippen molar-refractivity contribution in [2.45, 2.75) is 76.2 Å². The molecule has 0 saturated heterocycles. The molecule has 7 rings (SSSR count). The molecule has 274 valence electrons. The van der Waals surface area contributed by atoms with Crippen molar-refractivity contribution in [3.05, 3.63) is 130 Å². The number of hydrogen-bond donors (Lipinski definition) is 6. The molecule has 53 heavy (non-hydrogen) atoms. The van der Waals surface area contributed by atoms with E-state index in [0.717, 1.165) is 90.3 Å². The lowest BCUT2D eigenvalue weighted by Crippen LogP contribution is -2.44. The maximum absolute atomic E-state index is 12.7. The standard InChI is InChI=1S/C43H47N5O5/c44-32-11-13-33(14-12-32)48(43(52)53)38-25-28(9-15-34(38)30-7-2-1-3-8-30)6-4-5-22-47-23-21-31-24-29(10-18-37(31)47)26-45-27-40(50)35-16-19-39(49)42-36(35)17-20-41(51)46-42/h1-3,7-10,15-21,23-25,32-33,40,45,49-50H,4-6,11-14,22,26-27,44H2,(H,46,51)(H,52,53)/t32-,33-,40-/m0/s1. The minimum Gasteiger partial charge on any atom is -0.506 e. The van der Waals surface area contributed by atoms with Crippen molar-refractivity contribution in [1.29, 1.82) is 0 Å². The van der Waals surface area contributed by atoms with Crippen molar-refractivity contribution in [2.24, 2.45) is 5.73 Å². The van der Waals surface area contributed by atoms with Gasteiger partial charge in [-0.3, -0.25) is 9.69 Å². The van der Waals surface area contributed by atoms with Crippen molar-refractivity contribution < 1.29 is 20.1 Å². The van der Waals surface area contributed by atoms with E-state index in [0.29, 0.717) is 29.6 Å². The summed E-state index contributed by atoms with van der Waals surface area (Å²) in [5, 5.41) is 36.6. The third-order valence-corrected chi connectivity index (χ3v) is 10.6. The van der Waals surface area contributed by atoms with Crippen LogP contribution in [-0.4, -0.2) is 49.6 Å². The summed E-state index contributed by atoms with van der Waals surface area (Å²) in [6.07, 6.45) is 6.36. The highest BCUT2D eigenvalue weighted by molar-refractivity contribution is 5.94. The Kier molecular flexibility index (Phi) is 10.9. The number of rotatable bonds is 13. The van der Waals surface area contributed by atoms with Gasteiger partial charge in [0.25, 0.3) is 0 Å². The topological polar surface area (TPSA) is 157 Å². The van der Waals surface area contributed by atoms with Gasteiger partial charge < -0.3 is 35.9 Å². The van der Waals surface area contributed by atoms with Crippen LogP contribution in [0.15, 0.2) is 108 Å². The van der Waals surface area contributed by atoms with Crippen LogP contribution in [-0.2, 0) is 19.5 Å². The summed E-state index contributed by atoms with van der Waals surface area (Å²) in [6.45, 7) is 1.75. The first-order valence-electron chi connectivity index (χ1n) is 18.5. The van der Waals surface area contributed by atoms with Crippen LogP contribution in [0.4, 0.5) is 10.5 Å². The molecule has 0 unspecified atom stereocenters. The van der Waals surface area contributed by atoms with E-state index in [2.05, 4.69) is 63.5 Å². The zero-order valence-corrected chi connectivity index (χ0v) is 29.7. The Balaban J connectivity index is 0.966. The maximum Gasteiger partial charge on any atom is 0.412 e.